The highest BCUT2D eigenvalue weighted by Gasteiger charge is 2.60. The molecular weight excluding hydrogens is 252 g/mol. The maximum absolute atomic E-state index is 12.7. The molecule has 3 rings (SSSR count). The van der Waals surface area contributed by atoms with Gasteiger partial charge in [-0.3, -0.25) is 10.1 Å². The number of amides is 1. The molecule has 1 spiro atoms. The van der Waals surface area contributed by atoms with E-state index < -0.39 is 0 Å². The number of carbonyl (C=O) groups is 1. The molecule has 114 valence electrons. The number of nitrogens with zero attached hydrogens (tertiary/aromatic N) is 1. The second kappa shape index (κ2) is 4.99. The predicted molar refractivity (Wildman–Crippen MR) is 78.3 cm³/mol. The molecule has 1 saturated heterocycles. The fraction of sp³-hybridized carbons (Fsp3) is 0.938. The van der Waals surface area contributed by atoms with Crippen LogP contribution in [0, 0.1) is 5.92 Å². The van der Waals surface area contributed by atoms with Crippen molar-refractivity contribution in [2.75, 3.05) is 13.2 Å². The van der Waals surface area contributed by atoms with Crippen molar-refractivity contribution in [2.24, 2.45) is 5.92 Å². The first-order valence-corrected chi connectivity index (χ1v) is 8.20. The molecule has 2 aliphatic carbocycles. The van der Waals surface area contributed by atoms with Crippen LogP contribution >= 0.6 is 0 Å². The molecule has 3 aliphatic rings. The van der Waals surface area contributed by atoms with Gasteiger partial charge in [0.15, 0.2) is 0 Å². The third-order valence-electron chi connectivity index (χ3n) is 5.11. The zero-order valence-electron chi connectivity index (χ0n) is 13.1. The van der Waals surface area contributed by atoms with Crippen molar-refractivity contribution in [3.8, 4) is 0 Å². The summed E-state index contributed by atoms with van der Waals surface area (Å²) in [5.74, 6) is 0.957. The van der Waals surface area contributed by atoms with E-state index in [1.54, 1.807) is 0 Å². The molecule has 4 nitrogen and oxygen atoms in total. The van der Waals surface area contributed by atoms with Crippen molar-refractivity contribution >= 4 is 5.91 Å². The van der Waals surface area contributed by atoms with Gasteiger partial charge < -0.3 is 9.64 Å². The lowest BCUT2D eigenvalue weighted by Gasteiger charge is -2.35. The van der Waals surface area contributed by atoms with Gasteiger partial charge in [-0.05, 0) is 52.4 Å². The van der Waals surface area contributed by atoms with Crippen molar-refractivity contribution in [1.29, 1.82) is 0 Å². The molecule has 3 fully saturated rings. The van der Waals surface area contributed by atoms with Gasteiger partial charge in [0.2, 0.25) is 5.91 Å². The molecule has 1 atom stereocenters. The average molecular weight is 280 g/mol. The molecule has 0 radical (unpaired) electrons. The van der Waals surface area contributed by atoms with E-state index in [1.807, 2.05) is 6.92 Å². The summed E-state index contributed by atoms with van der Waals surface area (Å²) in [5.41, 5.74) is -0.459. The topological polar surface area (TPSA) is 41.6 Å². The second-order valence-corrected chi connectivity index (χ2v) is 7.34. The summed E-state index contributed by atoms with van der Waals surface area (Å²) >= 11 is 0. The lowest BCUT2D eigenvalue weighted by atomic mass is 10.0. The van der Waals surface area contributed by atoms with Crippen molar-refractivity contribution in [1.82, 2.24) is 10.2 Å². The van der Waals surface area contributed by atoms with E-state index in [1.165, 1.54) is 25.7 Å². The van der Waals surface area contributed by atoms with Crippen LogP contribution in [0.25, 0.3) is 0 Å². The largest absolute Gasteiger partial charge is 0.374 e. The summed E-state index contributed by atoms with van der Waals surface area (Å²) in [4.78, 5) is 14.8. The van der Waals surface area contributed by atoms with E-state index in [0.717, 1.165) is 12.8 Å². The smallest absolute Gasteiger partial charge is 0.244 e. The summed E-state index contributed by atoms with van der Waals surface area (Å²) in [5, 5.41) is 3.67. The van der Waals surface area contributed by atoms with E-state index in [4.69, 9.17) is 4.74 Å². The predicted octanol–water partition coefficient (Wildman–Crippen LogP) is 2.28. The molecule has 4 heteroatoms. The molecule has 1 aliphatic heterocycles. The molecule has 0 bridgehead atoms. The Kier molecular flexibility index (Phi) is 3.57. The molecule has 1 N–H and O–H groups in total. The molecular formula is C16H28N2O2. The van der Waals surface area contributed by atoms with Crippen molar-refractivity contribution in [3.05, 3.63) is 0 Å². The SMILES string of the molecule is CCOC(C)(C)CN1C(=O)C2(CC2)NC1C1CCCC1. The van der Waals surface area contributed by atoms with E-state index in [-0.39, 0.29) is 17.3 Å². The summed E-state index contributed by atoms with van der Waals surface area (Å²) < 4.78 is 5.82. The minimum absolute atomic E-state index is 0.199. The molecule has 1 amide bonds. The quantitative estimate of drug-likeness (QED) is 0.840. The van der Waals surface area contributed by atoms with Crippen LogP contribution in [0.3, 0.4) is 0 Å². The number of nitrogens with one attached hydrogen (secondary N) is 1. The third-order valence-corrected chi connectivity index (χ3v) is 5.11. The van der Waals surface area contributed by atoms with Crippen LogP contribution in [0.5, 0.6) is 0 Å². The van der Waals surface area contributed by atoms with E-state index in [0.29, 0.717) is 25.0 Å². The van der Waals surface area contributed by atoms with Crippen LogP contribution in [-0.4, -0.2) is 41.3 Å². The second-order valence-electron chi connectivity index (χ2n) is 7.34. The summed E-state index contributed by atoms with van der Waals surface area (Å²) in [6.07, 6.45) is 7.41. The molecule has 0 aromatic carbocycles. The zero-order chi connectivity index (χ0) is 14.4. The number of ether oxygens (including phenoxy) is 1. The minimum atomic E-state index is -0.261. The Balaban J connectivity index is 1.75. The van der Waals surface area contributed by atoms with Crippen molar-refractivity contribution in [3.63, 3.8) is 0 Å². The number of hydrogen-bond acceptors (Lipinski definition) is 3. The molecule has 1 unspecified atom stereocenters. The van der Waals surface area contributed by atoms with E-state index in [2.05, 4.69) is 24.1 Å². The van der Waals surface area contributed by atoms with Gasteiger partial charge in [-0.15, -0.1) is 0 Å². The molecule has 0 aromatic heterocycles. The first-order valence-electron chi connectivity index (χ1n) is 8.20. The lowest BCUT2D eigenvalue weighted by molar-refractivity contribution is -0.136. The van der Waals surface area contributed by atoms with Gasteiger partial charge in [0, 0.05) is 6.61 Å². The maximum atomic E-state index is 12.7. The normalized spacial score (nSPS) is 29.6. The van der Waals surface area contributed by atoms with Crippen LogP contribution < -0.4 is 5.32 Å². The Morgan fingerprint density at radius 1 is 1.35 bits per heavy atom. The fourth-order valence-electron chi connectivity index (χ4n) is 3.97. The van der Waals surface area contributed by atoms with Crippen LogP contribution in [-0.2, 0) is 9.53 Å². The van der Waals surface area contributed by atoms with Crippen LogP contribution in [0.4, 0.5) is 0 Å². The molecule has 1 heterocycles. The highest BCUT2D eigenvalue weighted by molar-refractivity contribution is 5.91. The van der Waals surface area contributed by atoms with Crippen molar-refractivity contribution in [2.45, 2.75) is 76.6 Å². The van der Waals surface area contributed by atoms with Crippen LogP contribution in [0.15, 0.2) is 0 Å². The molecule has 2 saturated carbocycles. The maximum Gasteiger partial charge on any atom is 0.244 e. The summed E-state index contributed by atoms with van der Waals surface area (Å²) in [6.45, 7) is 7.60. The van der Waals surface area contributed by atoms with Gasteiger partial charge >= 0.3 is 0 Å². The Morgan fingerprint density at radius 3 is 2.55 bits per heavy atom. The highest BCUT2D eigenvalue weighted by atomic mass is 16.5. The standard InChI is InChI=1S/C16H28N2O2/c1-4-20-15(2,3)11-18-13(12-7-5-6-8-12)17-16(9-10-16)14(18)19/h12-13,17H,4-11H2,1-3H3. The summed E-state index contributed by atoms with van der Waals surface area (Å²) in [6, 6.07) is 0. The molecule has 20 heavy (non-hydrogen) atoms. The number of rotatable bonds is 5. The number of hydrogen-bond donors (Lipinski definition) is 1. The zero-order valence-corrected chi connectivity index (χ0v) is 13.1. The average Bonchev–Trinajstić information content (AvgIpc) is 2.86. The number of carbonyl (C=O) groups excluding carboxylic acids is 1. The van der Waals surface area contributed by atoms with Gasteiger partial charge in [0.1, 0.15) is 0 Å². The highest BCUT2D eigenvalue weighted by Crippen LogP contribution is 2.45. The third kappa shape index (κ3) is 2.48. The lowest BCUT2D eigenvalue weighted by Crippen LogP contribution is -2.49. The first kappa shape index (κ1) is 14.3. The van der Waals surface area contributed by atoms with E-state index in [9.17, 15) is 4.79 Å². The Labute approximate surface area is 122 Å². The fourth-order valence-corrected chi connectivity index (χ4v) is 3.97. The van der Waals surface area contributed by atoms with Gasteiger partial charge in [-0.1, -0.05) is 12.8 Å². The monoisotopic (exact) mass is 280 g/mol. The van der Waals surface area contributed by atoms with Crippen molar-refractivity contribution < 1.29 is 9.53 Å². The van der Waals surface area contributed by atoms with Gasteiger partial charge in [-0.2, -0.15) is 0 Å². The Hall–Kier alpha value is -0.610. The summed E-state index contributed by atoms with van der Waals surface area (Å²) in [7, 11) is 0. The molecule has 0 aromatic rings. The Bertz CT molecular complexity index is 384. The van der Waals surface area contributed by atoms with Gasteiger partial charge in [0.05, 0.1) is 23.9 Å². The van der Waals surface area contributed by atoms with E-state index >= 15 is 0 Å². The van der Waals surface area contributed by atoms with Crippen LogP contribution in [0.1, 0.15) is 59.3 Å². The van der Waals surface area contributed by atoms with Gasteiger partial charge in [0.25, 0.3) is 0 Å². The van der Waals surface area contributed by atoms with Crippen LogP contribution in [0.2, 0.25) is 0 Å². The van der Waals surface area contributed by atoms with Gasteiger partial charge in [-0.25, -0.2) is 0 Å². The first-order chi connectivity index (χ1) is 9.47. The minimum Gasteiger partial charge on any atom is -0.374 e. The Morgan fingerprint density at radius 2 is 2.00 bits per heavy atom.